The highest BCUT2D eigenvalue weighted by Gasteiger charge is 2.31. The zero-order valence-corrected chi connectivity index (χ0v) is 19.8. The fourth-order valence-electron chi connectivity index (χ4n) is 3.12. The lowest BCUT2D eigenvalue weighted by Crippen LogP contribution is -2.51. The summed E-state index contributed by atoms with van der Waals surface area (Å²) in [5, 5.41) is 3.45. The summed E-state index contributed by atoms with van der Waals surface area (Å²) < 4.78 is 25.9. The Labute approximate surface area is 193 Å². The Morgan fingerprint density at radius 1 is 1.06 bits per heavy atom. The van der Waals surface area contributed by atoms with E-state index in [2.05, 4.69) is 5.32 Å². The second kappa shape index (κ2) is 10.8. The second-order valence-corrected chi connectivity index (χ2v) is 9.65. The lowest BCUT2D eigenvalue weighted by atomic mass is 10.1. The van der Waals surface area contributed by atoms with Crippen LogP contribution < -0.4 is 9.62 Å². The summed E-state index contributed by atoms with van der Waals surface area (Å²) in [6.07, 6.45) is 1.36. The van der Waals surface area contributed by atoms with E-state index >= 15 is 0 Å². The third-order valence-corrected chi connectivity index (χ3v) is 6.49. The molecule has 1 atom stereocenters. The molecule has 0 heterocycles. The summed E-state index contributed by atoms with van der Waals surface area (Å²) in [5.74, 6) is -0.879. The van der Waals surface area contributed by atoms with Crippen molar-refractivity contribution in [2.75, 3.05) is 24.2 Å². The maximum Gasteiger partial charge on any atom is 0.244 e. The first kappa shape index (κ1) is 25.0. The average Bonchev–Trinajstić information content (AvgIpc) is 2.72. The summed E-state index contributed by atoms with van der Waals surface area (Å²) in [5.41, 5.74) is 0.947. The predicted molar refractivity (Wildman–Crippen MR) is 124 cm³/mol. The first-order valence-electron chi connectivity index (χ1n) is 9.56. The number of likely N-dealkylation sites (N-methyl/N-ethyl adjacent to an activating group) is 1. The number of halogens is 2. The van der Waals surface area contributed by atoms with Gasteiger partial charge in [0.1, 0.15) is 12.6 Å². The molecule has 0 unspecified atom stereocenters. The number of amides is 2. The molecule has 0 aliphatic rings. The highest BCUT2D eigenvalue weighted by atomic mass is 35.5. The largest absolute Gasteiger partial charge is 0.357 e. The summed E-state index contributed by atoms with van der Waals surface area (Å²) in [4.78, 5) is 27.2. The molecule has 168 valence electrons. The van der Waals surface area contributed by atoms with E-state index in [4.69, 9.17) is 23.2 Å². The van der Waals surface area contributed by atoms with Crippen LogP contribution in [0.2, 0.25) is 10.0 Å². The van der Waals surface area contributed by atoms with Gasteiger partial charge < -0.3 is 10.2 Å². The maximum atomic E-state index is 13.3. The van der Waals surface area contributed by atoms with E-state index in [9.17, 15) is 18.0 Å². The number of carbonyl (C=O) groups is 2. The minimum absolute atomic E-state index is 0.0582. The molecule has 0 aromatic heterocycles. The Morgan fingerprint density at radius 3 is 2.19 bits per heavy atom. The van der Waals surface area contributed by atoms with Crippen molar-refractivity contribution in [1.29, 1.82) is 0 Å². The smallest absolute Gasteiger partial charge is 0.244 e. The van der Waals surface area contributed by atoms with Gasteiger partial charge in [-0.3, -0.25) is 13.9 Å². The van der Waals surface area contributed by atoms with E-state index in [1.54, 1.807) is 43.3 Å². The van der Waals surface area contributed by atoms with Crippen molar-refractivity contribution in [1.82, 2.24) is 10.2 Å². The monoisotopic (exact) mass is 485 g/mol. The number of sulfonamides is 1. The number of carbonyl (C=O) groups excluding carboxylic acids is 2. The molecule has 1 N–H and O–H groups in total. The van der Waals surface area contributed by atoms with Gasteiger partial charge in [0.25, 0.3) is 0 Å². The minimum Gasteiger partial charge on any atom is -0.357 e. The SMILES string of the molecule is CC[C@H](C(=O)NC)N(Cc1ccccc1Cl)C(=O)CN(c1ccc(Cl)cc1)S(C)(=O)=O. The normalized spacial score (nSPS) is 12.2. The number of rotatable bonds is 9. The summed E-state index contributed by atoms with van der Waals surface area (Å²) in [6.45, 7) is 1.36. The lowest BCUT2D eigenvalue weighted by molar-refractivity contribution is -0.140. The number of anilines is 1. The van der Waals surface area contributed by atoms with Crippen molar-refractivity contribution in [3.8, 4) is 0 Å². The topological polar surface area (TPSA) is 86.8 Å². The molecule has 0 bridgehead atoms. The Hall–Kier alpha value is -2.29. The fourth-order valence-corrected chi connectivity index (χ4v) is 4.29. The molecule has 0 saturated carbocycles. The van der Waals surface area contributed by atoms with Gasteiger partial charge in [0.05, 0.1) is 11.9 Å². The van der Waals surface area contributed by atoms with E-state index in [1.807, 2.05) is 0 Å². The van der Waals surface area contributed by atoms with Crippen LogP contribution in [0.4, 0.5) is 5.69 Å². The van der Waals surface area contributed by atoms with E-state index in [0.717, 1.165) is 10.6 Å². The van der Waals surface area contributed by atoms with Crippen LogP contribution in [-0.2, 0) is 26.2 Å². The van der Waals surface area contributed by atoms with Crippen LogP contribution in [0.15, 0.2) is 48.5 Å². The number of hydrogen-bond acceptors (Lipinski definition) is 4. The summed E-state index contributed by atoms with van der Waals surface area (Å²) in [7, 11) is -2.30. The van der Waals surface area contributed by atoms with Crippen LogP contribution in [0.25, 0.3) is 0 Å². The minimum atomic E-state index is -3.78. The number of hydrogen-bond donors (Lipinski definition) is 1. The van der Waals surface area contributed by atoms with Crippen molar-refractivity contribution in [3.05, 3.63) is 64.1 Å². The third kappa shape index (κ3) is 6.59. The van der Waals surface area contributed by atoms with Crippen LogP contribution in [0.3, 0.4) is 0 Å². The van der Waals surface area contributed by atoms with Gasteiger partial charge in [-0.15, -0.1) is 0 Å². The molecule has 0 saturated heterocycles. The highest BCUT2D eigenvalue weighted by molar-refractivity contribution is 7.92. The van der Waals surface area contributed by atoms with E-state index < -0.39 is 28.5 Å². The quantitative estimate of drug-likeness (QED) is 0.589. The van der Waals surface area contributed by atoms with Crippen LogP contribution in [0.5, 0.6) is 0 Å². The zero-order chi connectivity index (χ0) is 23.2. The van der Waals surface area contributed by atoms with Crippen molar-refractivity contribution >= 4 is 50.7 Å². The maximum absolute atomic E-state index is 13.3. The van der Waals surface area contributed by atoms with Gasteiger partial charge in [0.2, 0.25) is 21.8 Å². The molecule has 0 fully saturated rings. The van der Waals surface area contributed by atoms with Crippen LogP contribution in [0.1, 0.15) is 18.9 Å². The average molecular weight is 486 g/mol. The number of benzene rings is 2. The molecule has 2 aromatic carbocycles. The number of nitrogens with one attached hydrogen (secondary N) is 1. The molecule has 2 aromatic rings. The molecular weight excluding hydrogens is 461 g/mol. The van der Waals surface area contributed by atoms with E-state index in [1.165, 1.54) is 24.1 Å². The molecular formula is C21H25Cl2N3O4S. The predicted octanol–water partition coefficient (Wildman–Crippen LogP) is 3.31. The summed E-state index contributed by atoms with van der Waals surface area (Å²) in [6, 6.07) is 12.3. The molecule has 0 radical (unpaired) electrons. The van der Waals surface area contributed by atoms with Gasteiger partial charge in [-0.2, -0.15) is 0 Å². The van der Waals surface area contributed by atoms with Crippen molar-refractivity contribution in [2.45, 2.75) is 25.9 Å². The molecule has 2 amide bonds. The first-order chi connectivity index (χ1) is 14.6. The van der Waals surface area contributed by atoms with Crippen LogP contribution in [0, 0.1) is 0 Å². The Balaban J connectivity index is 2.43. The fraction of sp³-hybridized carbons (Fsp3) is 0.333. The van der Waals surface area contributed by atoms with Gasteiger partial charge >= 0.3 is 0 Å². The molecule has 0 spiro atoms. The van der Waals surface area contributed by atoms with E-state index in [0.29, 0.717) is 27.7 Å². The van der Waals surface area contributed by atoms with Gasteiger partial charge in [-0.1, -0.05) is 48.3 Å². The number of nitrogens with zero attached hydrogens (tertiary/aromatic N) is 2. The van der Waals surface area contributed by atoms with Crippen LogP contribution in [-0.4, -0.2) is 51.0 Å². The van der Waals surface area contributed by atoms with Gasteiger partial charge in [-0.05, 0) is 42.3 Å². The second-order valence-electron chi connectivity index (χ2n) is 6.90. The third-order valence-electron chi connectivity index (χ3n) is 4.72. The highest BCUT2D eigenvalue weighted by Crippen LogP contribution is 2.23. The zero-order valence-electron chi connectivity index (χ0n) is 17.5. The molecule has 7 nitrogen and oxygen atoms in total. The van der Waals surface area contributed by atoms with Crippen LogP contribution >= 0.6 is 23.2 Å². The Kier molecular flexibility index (Phi) is 8.73. The summed E-state index contributed by atoms with van der Waals surface area (Å²) >= 11 is 12.2. The molecule has 0 aliphatic heterocycles. The van der Waals surface area contributed by atoms with Gasteiger partial charge in [0.15, 0.2) is 0 Å². The standard InChI is InChI=1S/C21H25Cl2N3O4S/c1-4-19(21(28)24-2)25(13-15-7-5-6-8-18(15)23)20(27)14-26(31(3,29)30)17-11-9-16(22)10-12-17/h5-12,19H,4,13-14H2,1-3H3,(H,24,28)/t19-/m1/s1. The van der Waals surface area contributed by atoms with Gasteiger partial charge in [-0.25, -0.2) is 8.42 Å². The molecule has 2 rings (SSSR count). The van der Waals surface area contributed by atoms with Crippen molar-refractivity contribution < 1.29 is 18.0 Å². The van der Waals surface area contributed by atoms with Crippen molar-refractivity contribution in [2.24, 2.45) is 0 Å². The van der Waals surface area contributed by atoms with Gasteiger partial charge in [0, 0.05) is 23.6 Å². The molecule has 10 heteroatoms. The van der Waals surface area contributed by atoms with Crippen molar-refractivity contribution in [3.63, 3.8) is 0 Å². The van der Waals surface area contributed by atoms with E-state index in [-0.39, 0.29) is 12.5 Å². The Bertz CT molecular complexity index is 1030. The molecule has 0 aliphatic carbocycles. The Morgan fingerprint density at radius 2 is 1.68 bits per heavy atom. The molecule has 31 heavy (non-hydrogen) atoms. The lowest BCUT2D eigenvalue weighted by Gasteiger charge is -2.32. The first-order valence-corrected chi connectivity index (χ1v) is 12.2.